The zero-order valence-corrected chi connectivity index (χ0v) is 17.3. The van der Waals surface area contributed by atoms with Crippen molar-refractivity contribution in [3.63, 3.8) is 0 Å². The van der Waals surface area contributed by atoms with Crippen LogP contribution in [0.3, 0.4) is 0 Å². The van der Waals surface area contributed by atoms with Gasteiger partial charge in [-0.1, -0.05) is 30.3 Å². The quantitative estimate of drug-likeness (QED) is 0.721. The van der Waals surface area contributed by atoms with Crippen molar-refractivity contribution in [2.45, 2.75) is 25.4 Å². The molecule has 0 saturated carbocycles. The second kappa shape index (κ2) is 9.24. The summed E-state index contributed by atoms with van der Waals surface area (Å²) >= 11 is 3.43. The summed E-state index contributed by atoms with van der Waals surface area (Å²) in [7, 11) is 3.10. The molecule has 1 aliphatic rings. The van der Waals surface area contributed by atoms with E-state index in [9.17, 15) is 4.79 Å². The van der Waals surface area contributed by atoms with E-state index < -0.39 is 0 Å². The van der Waals surface area contributed by atoms with Crippen LogP contribution in [0.2, 0.25) is 0 Å². The lowest BCUT2D eigenvalue weighted by Gasteiger charge is -2.25. The molecule has 0 unspecified atom stereocenters. The number of nitrogens with one attached hydrogen (secondary N) is 1. The minimum absolute atomic E-state index is 0.184. The van der Waals surface area contributed by atoms with Gasteiger partial charge in [0.2, 0.25) is 0 Å². The summed E-state index contributed by atoms with van der Waals surface area (Å²) in [6.07, 6.45) is 2.23. The molecule has 0 spiro atoms. The van der Waals surface area contributed by atoms with Gasteiger partial charge in [0.05, 0.1) is 18.7 Å². The monoisotopic (exact) mass is 432 g/mol. The van der Waals surface area contributed by atoms with Crippen LogP contribution >= 0.6 is 15.9 Å². The predicted molar refractivity (Wildman–Crippen MR) is 109 cm³/mol. The molecule has 0 radical (unpaired) electrons. The number of likely N-dealkylation sites (tertiary alicyclic amines) is 1. The maximum absolute atomic E-state index is 12.9. The van der Waals surface area contributed by atoms with Gasteiger partial charge < -0.3 is 14.8 Å². The number of rotatable bonds is 7. The van der Waals surface area contributed by atoms with E-state index in [1.165, 1.54) is 5.56 Å². The van der Waals surface area contributed by atoms with E-state index in [0.717, 1.165) is 30.4 Å². The summed E-state index contributed by atoms with van der Waals surface area (Å²) in [6, 6.07) is 14.4. The summed E-state index contributed by atoms with van der Waals surface area (Å²) in [5.41, 5.74) is 1.72. The number of ether oxygens (including phenoxy) is 2. The van der Waals surface area contributed by atoms with Crippen LogP contribution in [0, 0.1) is 0 Å². The number of hydrogen-bond acceptors (Lipinski definition) is 4. The molecule has 1 saturated heterocycles. The van der Waals surface area contributed by atoms with Gasteiger partial charge in [-0.05, 0) is 53.0 Å². The molecule has 1 fully saturated rings. The summed E-state index contributed by atoms with van der Waals surface area (Å²) in [6.45, 7) is 2.56. The van der Waals surface area contributed by atoms with Crippen LogP contribution in [0.5, 0.6) is 11.5 Å². The Labute approximate surface area is 168 Å². The highest BCUT2D eigenvalue weighted by atomic mass is 79.9. The van der Waals surface area contributed by atoms with Crippen molar-refractivity contribution in [2.75, 3.05) is 27.3 Å². The third-order valence-corrected chi connectivity index (χ3v) is 5.57. The molecular formula is C21H25BrN2O3. The highest BCUT2D eigenvalue weighted by Gasteiger charge is 2.26. The van der Waals surface area contributed by atoms with Crippen molar-refractivity contribution < 1.29 is 14.3 Å². The zero-order valence-electron chi connectivity index (χ0n) is 15.7. The second-order valence-corrected chi connectivity index (χ2v) is 7.47. The molecule has 1 N–H and O–H groups in total. The molecule has 1 atom stereocenters. The van der Waals surface area contributed by atoms with Crippen molar-refractivity contribution >= 4 is 21.8 Å². The Morgan fingerprint density at radius 3 is 2.67 bits per heavy atom. The van der Waals surface area contributed by atoms with Crippen LogP contribution in [-0.4, -0.2) is 44.2 Å². The number of halogens is 1. The lowest BCUT2D eigenvalue weighted by atomic mass is 10.1. The molecule has 1 amide bonds. The third kappa shape index (κ3) is 4.62. The van der Waals surface area contributed by atoms with E-state index in [2.05, 4.69) is 50.4 Å². The minimum Gasteiger partial charge on any atom is -0.496 e. The fourth-order valence-corrected chi connectivity index (χ4v) is 4.07. The van der Waals surface area contributed by atoms with Gasteiger partial charge in [-0.2, -0.15) is 0 Å². The van der Waals surface area contributed by atoms with Crippen LogP contribution in [0.1, 0.15) is 28.8 Å². The Morgan fingerprint density at radius 2 is 1.96 bits per heavy atom. The van der Waals surface area contributed by atoms with Crippen molar-refractivity contribution in [3.8, 4) is 11.5 Å². The molecule has 144 valence electrons. The Morgan fingerprint density at radius 1 is 1.19 bits per heavy atom. The van der Waals surface area contributed by atoms with Crippen molar-refractivity contribution in [1.82, 2.24) is 10.2 Å². The molecule has 3 rings (SSSR count). The minimum atomic E-state index is -0.184. The topological polar surface area (TPSA) is 50.8 Å². The first-order valence-corrected chi connectivity index (χ1v) is 9.90. The average molecular weight is 433 g/mol. The Balaban J connectivity index is 1.67. The van der Waals surface area contributed by atoms with Gasteiger partial charge in [-0.25, -0.2) is 0 Å². The molecule has 2 aromatic carbocycles. The highest BCUT2D eigenvalue weighted by Crippen LogP contribution is 2.35. The van der Waals surface area contributed by atoms with Crippen molar-refractivity contribution in [1.29, 1.82) is 0 Å². The molecule has 0 bridgehead atoms. The second-order valence-electron chi connectivity index (χ2n) is 6.62. The standard InChI is InChI=1S/C21H25BrN2O3/c1-26-18-11-10-17(22)20(27-2)19(18)21(25)23-13-16-9-6-12-24(16)14-15-7-4-3-5-8-15/h3-5,7-8,10-11,16H,6,9,12-14H2,1-2H3,(H,23,25)/t16-/m0/s1. The summed E-state index contributed by atoms with van der Waals surface area (Å²) in [4.78, 5) is 15.3. The third-order valence-electron chi connectivity index (χ3n) is 4.95. The maximum atomic E-state index is 12.9. The molecule has 6 heteroatoms. The lowest BCUT2D eigenvalue weighted by Crippen LogP contribution is -2.40. The summed E-state index contributed by atoms with van der Waals surface area (Å²) < 4.78 is 11.5. The van der Waals surface area contributed by atoms with Crippen molar-refractivity contribution in [3.05, 3.63) is 58.1 Å². The van der Waals surface area contributed by atoms with E-state index in [1.54, 1.807) is 20.3 Å². The van der Waals surface area contributed by atoms with Gasteiger partial charge >= 0.3 is 0 Å². The number of carbonyl (C=O) groups excluding carboxylic acids is 1. The van der Waals surface area contributed by atoms with Crippen LogP contribution < -0.4 is 14.8 Å². The van der Waals surface area contributed by atoms with Gasteiger partial charge in [0, 0.05) is 19.1 Å². The van der Waals surface area contributed by atoms with E-state index in [4.69, 9.17) is 9.47 Å². The average Bonchev–Trinajstić information content (AvgIpc) is 3.13. The van der Waals surface area contributed by atoms with Crippen LogP contribution in [0.25, 0.3) is 0 Å². The van der Waals surface area contributed by atoms with Crippen LogP contribution in [0.4, 0.5) is 0 Å². The number of methoxy groups -OCH3 is 2. The van der Waals surface area contributed by atoms with E-state index >= 15 is 0 Å². The van der Waals surface area contributed by atoms with Crippen molar-refractivity contribution in [2.24, 2.45) is 0 Å². The molecule has 2 aromatic rings. The predicted octanol–water partition coefficient (Wildman–Crippen LogP) is 3.86. The Hall–Kier alpha value is -2.05. The number of carbonyl (C=O) groups is 1. The fourth-order valence-electron chi connectivity index (χ4n) is 3.58. The number of nitrogens with zero attached hydrogens (tertiary/aromatic N) is 1. The van der Waals surface area contributed by atoms with E-state index in [0.29, 0.717) is 29.6 Å². The van der Waals surface area contributed by atoms with E-state index in [1.807, 2.05) is 12.1 Å². The molecule has 5 nitrogen and oxygen atoms in total. The first-order valence-electron chi connectivity index (χ1n) is 9.10. The molecule has 0 aromatic heterocycles. The first kappa shape index (κ1) is 19.7. The van der Waals surface area contributed by atoms with E-state index in [-0.39, 0.29) is 5.91 Å². The number of amides is 1. The van der Waals surface area contributed by atoms with Gasteiger partial charge in [0.1, 0.15) is 17.1 Å². The van der Waals surface area contributed by atoms with Crippen LogP contribution in [0.15, 0.2) is 46.9 Å². The lowest BCUT2D eigenvalue weighted by molar-refractivity contribution is 0.0933. The van der Waals surface area contributed by atoms with Gasteiger partial charge in [0.25, 0.3) is 5.91 Å². The van der Waals surface area contributed by atoms with Gasteiger partial charge in [-0.15, -0.1) is 0 Å². The van der Waals surface area contributed by atoms with Gasteiger partial charge in [0.15, 0.2) is 0 Å². The molecule has 1 aliphatic heterocycles. The number of hydrogen-bond donors (Lipinski definition) is 1. The summed E-state index contributed by atoms with van der Waals surface area (Å²) in [5, 5.41) is 3.07. The smallest absolute Gasteiger partial charge is 0.258 e. The molecular weight excluding hydrogens is 408 g/mol. The largest absolute Gasteiger partial charge is 0.496 e. The molecule has 0 aliphatic carbocycles. The van der Waals surface area contributed by atoms with Gasteiger partial charge in [-0.3, -0.25) is 9.69 Å². The highest BCUT2D eigenvalue weighted by molar-refractivity contribution is 9.10. The molecule has 27 heavy (non-hydrogen) atoms. The normalized spacial score (nSPS) is 16.9. The first-order chi connectivity index (χ1) is 13.1. The van der Waals surface area contributed by atoms with Crippen LogP contribution in [-0.2, 0) is 6.54 Å². The summed E-state index contributed by atoms with van der Waals surface area (Å²) in [5.74, 6) is 0.802. The Kier molecular flexibility index (Phi) is 6.74. The maximum Gasteiger partial charge on any atom is 0.258 e. The molecule has 1 heterocycles. The number of benzene rings is 2. The zero-order chi connectivity index (χ0) is 19.2. The SMILES string of the molecule is COc1ccc(Br)c(OC)c1C(=O)NC[C@@H]1CCCN1Cc1ccccc1. The Bertz CT molecular complexity index is 782. The fraction of sp³-hybridized carbons (Fsp3) is 0.381.